The summed E-state index contributed by atoms with van der Waals surface area (Å²) >= 11 is 0. The first-order chi connectivity index (χ1) is 11.0. The molecule has 0 spiro atoms. The number of hydrogen-bond acceptors (Lipinski definition) is 3. The minimum Gasteiger partial charge on any atom is -0.508 e. The van der Waals surface area contributed by atoms with Gasteiger partial charge in [-0.05, 0) is 74.2 Å². The van der Waals surface area contributed by atoms with E-state index in [9.17, 15) is 5.11 Å². The van der Waals surface area contributed by atoms with Gasteiger partial charge in [-0.1, -0.05) is 6.07 Å². The number of aromatic hydroxyl groups is 1. The highest BCUT2D eigenvalue weighted by molar-refractivity contribution is 5.52. The number of piperidine rings is 1. The third-order valence-corrected chi connectivity index (χ3v) is 5.12. The maximum Gasteiger partial charge on any atom is 0.115 e. The third kappa shape index (κ3) is 3.44. The lowest BCUT2D eigenvalue weighted by Gasteiger charge is -2.39. The van der Waals surface area contributed by atoms with Crippen LogP contribution < -0.4 is 9.80 Å². The molecule has 0 saturated carbocycles. The molecule has 3 nitrogen and oxygen atoms in total. The van der Waals surface area contributed by atoms with Crippen molar-refractivity contribution in [3.05, 3.63) is 53.6 Å². The molecule has 3 rings (SSSR count). The Labute approximate surface area is 139 Å². The van der Waals surface area contributed by atoms with Gasteiger partial charge in [-0.3, -0.25) is 0 Å². The SMILES string of the molecule is Cc1ccc(N(C)C2CCN(c3ccc(O)cc3)CC2)cc1C. The molecule has 1 N–H and O–H groups in total. The number of nitrogens with zero attached hydrogens (tertiary/aromatic N) is 2. The lowest BCUT2D eigenvalue weighted by Crippen LogP contribution is -2.43. The fourth-order valence-electron chi connectivity index (χ4n) is 3.33. The topological polar surface area (TPSA) is 26.7 Å². The second-order valence-corrected chi connectivity index (χ2v) is 6.61. The summed E-state index contributed by atoms with van der Waals surface area (Å²) in [4.78, 5) is 4.84. The second kappa shape index (κ2) is 6.53. The van der Waals surface area contributed by atoms with Crippen LogP contribution in [-0.2, 0) is 0 Å². The van der Waals surface area contributed by atoms with E-state index in [1.54, 1.807) is 12.1 Å². The predicted octanol–water partition coefficient (Wildman–Crippen LogP) is 4.11. The Hall–Kier alpha value is -2.16. The Kier molecular flexibility index (Phi) is 4.46. The molecule has 0 aliphatic carbocycles. The largest absolute Gasteiger partial charge is 0.508 e. The molecule has 0 bridgehead atoms. The van der Waals surface area contributed by atoms with Crippen molar-refractivity contribution in [3.8, 4) is 5.75 Å². The first kappa shape index (κ1) is 15.7. The Balaban J connectivity index is 1.63. The van der Waals surface area contributed by atoms with Gasteiger partial charge in [0, 0.05) is 37.6 Å². The molecule has 1 heterocycles. The summed E-state index contributed by atoms with van der Waals surface area (Å²) in [6.07, 6.45) is 2.31. The van der Waals surface area contributed by atoms with Crippen molar-refractivity contribution in [3.63, 3.8) is 0 Å². The highest BCUT2D eigenvalue weighted by Gasteiger charge is 2.23. The van der Waals surface area contributed by atoms with Crippen molar-refractivity contribution in [1.29, 1.82) is 0 Å². The number of aryl methyl sites for hydroxylation is 2. The number of phenols is 1. The summed E-state index contributed by atoms with van der Waals surface area (Å²) in [5, 5.41) is 9.41. The quantitative estimate of drug-likeness (QED) is 0.924. The van der Waals surface area contributed by atoms with E-state index in [2.05, 4.69) is 48.9 Å². The zero-order valence-electron chi connectivity index (χ0n) is 14.3. The summed E-state index contributed by atoms with van der Waals surface area (Å²) in [6, 6.07) is 14.9. The Morgan fingerprint density at radius 1 is 0.957 bits per heavy atom. The highest BCUT2D eigenvalue weighted by Crippen LogP contribution is 2.27. The maximum atomic E-state index is 9.41. The fraction of sp³-hybridized carbons (Fsp3) is 0.400. The van der Waals surface area contributed by atoms with Gasteiger partial charge in [0.1, 0.15) is 5.75 Å². The third-order valence-electron chi connectivity index (χ3n) is 5.12. The van der Waals surface area contributed by atoms with Crippen LogP contribution in [0.1, 0.15) is 24.0 Å². The van der Waals surface area contributed by atoms with E-state index in [-0.39, 0.29) is 0 Å². The van der Waals surface area contributed by atoms with E-state index in [0.717, 1.165) is 25.9 Å². The van der Waals surface area contributed by atoms with Crippen molar-refractivity contribution in [2.24, 2.45) is 0 Å². The number of benzene rings is 2. The average molecular weight is 310 g/mol. The molecule has 0 amide bonds. The minimum absolute atomic E-state index is 0.332. The van der Waals surface area contributed by atoms with Crippen molar-refractivity contribution in [2.45, 2.75) is 32.7 Å². The number of rotatable bonds is 3. The molecule has 23 heavy (non-hydrogen) atoms. The van der Waals surface area contributed by atoms with Gasteiger partial charge in [-0.15, -0.1) is 0 Å². The Morgan fingerprint density at radius 2 is 1.61 bits per heavy atom. The first-order valence-corrected chi connectivity index (χ1v) is 8.38. The van der Waals surface area contributed by atoms with Gasteiger partial charge in [-0.25, -0.2) is 0 Å². The van der Waals surface area contributed by atoms with Crippen LogP contribution in [-0.4, -0.2) is 31.3 Å². The van der Waals surface area contributed by atoms with Gasteiger partial charge in [0.05, 0.1) is 0 Å². The van der Waals surface area contributed by atoms with E-state index in [1.165, 1.54) is 22.5 Å². The molecule has 122 valence electrons. The predicted molar refractivity (Wildman–Crippen MR) is 97.7 cm³/mol. The van der Waals surface area contributed by atoms with Crippen LogP contribution >= 0.6 is 0 Å². The number of hydrogen-bond donors (Lipinski definition) is 1. The Morgan fingerprint density at radius 3 is 2.22 bits per heavy atom. The van der Waals surface area contributed by atoms with Crippen LogP contribution in [0.4, 0.5) is 11.4 Å². The zero-order chi connectivity index (χ0) is 16.4. The molecular weight excluding hydrogens is 284 g/mol. The fourth-order valence-corrected chi connectivity index (χ4v) is 3.33. The standard InChI is InChI=1S/C20H26N2O/c1-15-4-5-19(14-16(15)2)21(3)17-10-12-22(13-11-17)18-6-8-20(23)9-7-18/h4-9,14,17,23H,10-13H2,1-3H3. The molecular formula is C20H26N2O. The molecule has 1 fully saturated rings. The molecule has 0 atom stereocenters. The molecule has 1 aliphatic rings. The van der Waals surface area contributed by atoms with Crippen molar-refractivity contribution >= 4 is 11.4 Å². The summed E-state index contributed by atoms with van der Waals surface area (Å²) in [5.74, 6) is 0.332. The van der Waals surface area contributed by atoms with Gasteiger partial charge in [0.2, 0.25) is 0 Å². The number of phenolic OH excluding ortho intramolecular Hbond substituents is 1. The monoisotopic (exact) mass is 310 g/mol. The van der Waals surface area contributed by atoms with E-state index < -0.39 is 0 Å². The van der Waals surface area contributed by atoms with Gasteiger partial charge in [0.15, 0.2) is 0 Å². The van der Waals surface area contributed by atoms with Crippen molar-refractivity contribution < 1.29 is 5.11 Å². The molecule has 1 saturated heterocycles. The van der Waals surface area contributed by atoms with Crippen molar-refractivity contribution in [2.75, 3.05) is 29.9 Å². The Bertz CT molecular complexity index is 658. The zero-order valence-corrected chi connectivity index (χ0v) is 14.3. The lowest BCUT2D eigenvalue weighted by molar-refractivity contribution is 0.473. The molecule has 0 unspecified atom stereocenters. The lowest BCUT2D eigenvalue weighted by atomic mass is 10.0. The van der Waals surface area contributed by atoms with Crippen LogP contribution in [0.25, 0.3) is 0 Å². The van der Waals surface area contributed by atoms with E-state index in [1.807, 2.05) is 12.1 Å². The molecule has 0 aromatic heterocycles. The van der Waals surface area contributed by atoms with Gasteiger partial charge < -0.3 is 14.9 Å². The van der Waals surface area contributed by atoms with E-state index in [4.69, 9.17) is 0 Å². The van der Waals surface area contributed by atoms with Gasteiger partial charge in [-0.2, -0.15) is 0 Å². The molecule has 0 radical (unpaired) electrons. The summed E-state index contributed by atoms with van der Waals surface area (Å²) < 4.78 is 0. The summed E-state index contributed by atoms with van der Waals surface area (Å²) in [5.41, 5.74) is 5.23. The van der Waals surface area contributed by atoms with Crippen LogP contribution in [0.15, 0.2) is 42.5 Å². The normalized spacial score (nSPS) is 15.7. The number of anilines is 2. The van der Waals surface area contributed by atoms with E-state index >= 15 is 0 Å². The molecule has 3 heteroatoms. The van der Waals surface area contributed by atoms with Gasteiger partial charge in [0.25, 0.3) is 0 Å². The van der Waals surface area contributed by atoms with Crippen LogP contribution in [0, 0.1) is 13.8 Å². The smallest absolute Gasteiger partial charge is 0.115 e. The molecule has 1 aliphatic heterocycles. The molecule has 2 aromatic carbocycles. The minimum atomic E-state index is 0.332. The van der Waals surface area contributed by atoms with Crippen LogP contribution in [0.5, 0.6) is 5.75 Å². The maximum absolute atomic E-state index is 9.41. The highest BCUT2D eigenvalue weighted by atomic mass is 16.3. The summed E-state index contributed by atoms with van der Waals surface area (Å²) in [7, 11) is 2.21. The first-order valence-electron chi connectivity index (χ1n) is 8.38. The second-order valence-electron chi connectivity index (χ2n) is 6.61. The van der Waals surface area contributed by atoms with E-state index in [0.29, 0.717) is 11.8 Å². The summed E-state index contributed by atoms with van der Waals surface area (Å²) in [6.45, 7) is 6.46. The van der Waals surface area contributed by atoms with Crippen LogP contribution in [0.2, 0.25) is 0 Å². The van der Waals surface area contributed by atoms with Crippen LogP contribution in [0.3, 0.4) is 0 Å². The molecule has 2 aromatic rings. The van der Waals surface area contributed by atoms with Crippen molar-refractivity contribution in [1.82, 2.24) is 0 Å². The van der Waals surface area contributed by atoms with Gasteiger partial charge >= 0.3 is 0 Å². The average Bonchev–Trinajstić information content (AvgIpc) is 2.57.